The standard InChI is InChI=1S/C41H37N3O3.Ni/c1-4-5-26-44-34(33-20-10-17-29-18-11-21-35(44)37(29)33)25-24-31-23-22-30(36(31)38-39(45)42(2)41(47)43(3)40(38)46)16-9-15-28-14-8-13-27-12-6-7-19-32(27)28;/h6-14,16-21,24-25,45H,4-5,22-23,26H2,1-3H3;/b16-9+,31-24+,34-25+;. The third-order valence-corrected chi connectivity index (χ3v) is 9.99. The predicted molar refractivity (Wildman–Crippen MR) is 194 cm³/mol. The molecule has 1 aliphatic rings. The van der Waals surface area contributed by atoms with Crippen LogP contribution in [0.25, 0.3) is 44.1 Å². The number of aromatic nitrogens is 3. The molecular weight excluding hydrogens is 641 g/mol. The van der Waals surface area contributed by atoms with E-state index in [-0.39, 0.29) is 11.4 Å². The zero-order valence-electron chi connectivity index (χ0n) is 27.3. The van der Waals surface area contributed by atoms with Gasteiger partial charge in [-0.3, -0.25) is 0 Å². The normalized spacial score (nSPS) is 15.0. The Morgan fingerprint density at radius 2 is 1.56 bits per heavy atom. The summed E-state index contributed by atoms with van der Waals surface area (Å²) in [6.07, 6.45) is 11.6. The molecule has 1 aliphatic carbocycles. The Bertz CT molecular complexity index is 2530. The summed E-state index contributed by atoms with van der Waals surface area (Å²) in [5.74, 6) is -0.341. The molecule has 4 aromatic carbocycles. The topological polar surface area (TPSA) is 69.2 Å². The van der Waals surface area contributed by atoms with Gasteiger partial charge < -0.3 is 0 Å². The summed E-state index contributed by atoms with van der Waals surface area (Å²) in [4.78, 5) is 26.4. The first-order chi connectivity index (χ1) is 23.3. The fourth-order valence-corrected chi connectivity index (χ4v) is 7.36. The summed E-state index contributed by atoms with van der Waals surface area (Å²) in [5, 5.41) is 18.3. The second-order valence-corrected chi connectivity index (χ2v) is 12.9. The molecule has 0 saturated carbocycles. The molecule has 0 radical (unpaired) electrons. The van der Waals surface area contributed by atoms with Crippen LogP contribution in [0.4, 0.5) is 0 Å². The van der Waals surface area contributed by atoms with Crippen molar-refractivity contribution >= 4 is 48.6 Å². The van der Waals surface area contributed by atoms with Crippen molar-refractivity contribution in [1.82, 2.24) is 13.7 Å². The van der Waals surface area contributed by atoms with Crippen LogP contribution >= 0.6 is 0 Å². The Morgan fingerprint density at radius 3 is 2.38 bits per heavy atom. The summed E-state index contributed by atoms with van der Waals surface area (Å²) in [5.41, 5.74) is 3.67. The Morgan fingerprint density at radius 1 is 0.854 bits per heavy atom. The molecule has 1 N–H and O–H groups in total. The Balaban J connectivity index is 1.43. The SMILES string of the molecule is CCCCn1/c(=C/C=C2\CCC(/C=C/[C](=[Ni])c3cccc4ccccc34)=C2c2c(O)n(C)c(=O)n(C)c2=O)c2cccc3cccc1c32. The molecule has 0 fully saturated rings. The molecule has 6 aromatic rings. The van der Waals surface area contributed by atoms with Gasteiger partial charge in [-0.15, -0.1) is 0 Å². The van der Waals surface area contributed by atoms with Gasteiger partial charge in [0.2, 0.25) is 0 Å². The van der Waals surface area contributed by atoms with E-state index in [2.05, 4.69) is 78.2 Å². The maximum atomic E-state index is 13.7. The van der Waals surface area contributed by atoms with E-state index >= 15 is 0 Å². The maximum absolute atomic E-state index is 13.7. The van der Waals surface area contributed by atoms with Gasteiger partial charge in [-0.25, -0.2) is 0 Å². The van der Waals surface area contributed by atoms with Crippen molar-refractivity contribution in [3.8, 4) is 5.88 Å². The summed E-state index contributed by atoms with van der Waals surface area (Å²) in [6.45, 7) is 3.09. The summed E-state index contributed by atoms with van der Waals surface area (Å²) >= 11 is 5.53. The van der Waals surface area contributed by atoms with Crippen molar-refractivity contribution in [3.63, 3.8) is 0 Å². The van der Waals surface area contributed by atoms with Gasteiger partial charge in [0.25, 0.3) is 0 Å². The van der Waals surface area contributed by atoms with E-state index in [0.29, 0.717) is 18.4 Å². The first-order valence-electron chi connectivity index (χ1n) is 16.4. The first kappa shape index (κ1) is 31.6. The molecule has 0 amide bonds. The number of aryl methyl sites for hydroxylation is 1. The molecule has 0 unspecified atom stereocenters. The van der Waals surface area contributed by atoms with E-state index in [1.807, 2.05) is 36.4 Å². The van der Waals surface area contributed by atoms with Crippen molar-refractivity contribution in [2.45, 2.75) is 39.2 Å². The molecule has 7 heteroatoms. The fraction of sp³-hybridized carbons (Fsp3) is 0.195. The summed E-state index contributed by atoms with van der Waals surface area (Å²) in [7, 11) is 2.93. The van der Waals surface area contributed by atoms with E-state index in [4.69, 9.17) is 15.0 Å². The van der Waals surface area contributed by atoms with Crippen molar-refractivity contribution in [2.75, 3.05) is 0 Å². The second kappa shape index (κ2) is 12.9. The molecule has 7 rings (SSSR count). The number of unbranched alkanes of at least 4 members (excludes halogenated alkanes) is 1. The summed E-state index contributed by atoms with van der Waals surface area (Å²) in [6, 6.07) is 27.2. The molecular formula is C41H37N3NiO3. The van der Waals surface area contributed by atoms with E-state index in [0.717, 1.165) is 65.8 Å². The van der Waals surface area contributed by atoms with Gasteiger partial charge in [0.1, 0.15) is 0 Å². The fourth-order valence-electron chi connectivity index (χ4n) is 7.06. The Hall–Kier alpha value is -5.00. The van der Waals surface area contributed by atoms with E-state index in [9.17, 15) is 14.7 Å². The second-order valence-electron chi connectivity index (χ2n) is 12.4. The zero-order chi connectivity index (χ0) is 33.5. The van der Waals surface area contributed by atoms with Crippen LogP contribution in [-0.4, -0.2) is 23.3 Å². The number of rotatable bonds is 8. The van der Waals surface area contributed by atoms with Crippen LogP contribution in [-0.2, 0) is 35.7 Å². The Labute approximate surface area is 286 Å². The van der Waals surface area contributed by atoms with Crippen LogP contribution in [0.3, 0.4) is 0 Å². The molecule has 0 saturated heterocycles. The molecule has 0 atom stereocenters. The minimum atomic E-state index is -0.577. The van der Waals surface area contributed by atoms with Gasteiger partial charge in [-0.05, 0) is 0 Å². The average molecular weight is 678 g/mol. The van der Waals surface area contributed by atoms with Crippen LogP contribution in [0.2, 0.25) is 0 Å². The molecule has 0 bridgehead atoms. The molecule has 244 valence electrons. The molecule has 0 aliphatic heterocycles. The minimum absolute atomic E-state index is 0.126. The van der Waals surface area contributed by atoms with Gasteiger partial charge in [-0.1, -0.05) is 31.5 Å². The Kier molecular flexibility index (Phi) is 8.49. The average Bonchev–Trinajstić information content (AvgIpc) is 3.65. The van der Waals surface area contributed by atoms with Gasteiger partial charge >= 0.3 is 256 Å². The van der Waals surface area contributed by atoms with Gasteiger partial charge in [0.05, 0.1) is 0 Å². The first-order valence-corrected chi connectivity index (χ1v) is 16.9. The number of fused-ring (bicyclic) bond motifs is 1. The number of allylic oxidation sites excluding steroid dienone is 6. The molecule has 2 heterocycles. The van der Waals surface area contributed by atoms with Gasteiger partial charge in [0, 0.05) is 0 Å². The summed E-state index contributed by atoms with van der Waals surface area (Å²) < 4.78 is 5.30. The number of aromatic hydroxyl groups is 1. The van der Waals surface area contributed by atoms with Crippen molar-refractivity contribution in [2.24, 2.45) is 14.1 Å². The van der Waals surface area contributed by atoms with Gasteiger partial charge in [-0.2, -0.15) is 0 Å². The number of hydrogen-bond donors (Lipinski definition) is 1. The molecule has 2 aromatic heterocycles. The zero-order valence-corrected chi connectivity index (χ0v) is 28.3. The van der Waals surface area contributed by atoms with Gasteiger partial charge in [0.15, 0.2) is 0 Å². The van der Waals surface area contributed by atoms with Crippen LogP contribution in [0, 0.1) is 0 Å². The van der Waals surface area contributed by atoms with Crippen molar-refractivity contribution in [1.29, 1.82) is 0 Å². The monoisotopic (exact) mass is 677 g/mol. The molecule has 6 nitrogen and oxygen atoms in total. The van der Waals surface area contributed by atoms with Crippen molar-refractivity contribution < 1.29 is 20.1 Å². The van der Waals surface area contributed by atoms with E-state index < -0.39 is 11.2 Å². The molecule has 0 spiro atoms. The van der Waals surface area contributed by atoms with Crippen molar-refractivity contribution in [3.05, 3.63) is 146 Å². The quantitative estimate of drug-likeness (QED) is 0.179. The third kappa shape index (κ3) is 5.33. The van der Waals surface area contributed by atoms with Crippen LogP contribution in [0.1, 0.15) is 43.7 Å². The van der Waals surface area contributed by atoms with Crippen LogP contribution < -0.4 is 16.6 Å². The van der Waals surface area contributed by atoms with E-state index in [1.165, 1.54) is 35.8 Å². The number of nitrogens with zero attached hydrogens (tertiary/aromatic N) is 3. The number of benzene rings is 4. The van der Waals surface area contributed by atoms with E-state index in [1.54, 1.807) is 0 Å². The molecule has 48 heavy (non-hydrogen) atoms. The third-order valence-electron chi connectivity index (χ3n) is 9.56. The van der Waals surface area contributed by atoms with Crippen LogP contribution in [0.5, 0.6) is 5.88 Å². The number of hydrogen-bond acceptors (Lipinski definition) is 3. The van der Waals surface area contributed by atoms with Crippen LogP contribution in [0.15, 0.2) is 118 Å². The predicted octanol–water partition coefficient (Wildman–Crippen LogP) is 6.85.